The Balaban J connectivity index is 2.11. The molecular formula is C12H15N3O2S. The van der Waals surface area contributed by atoms with Gasteiger partial charge in [-0.2, -0.15) is 0 Å². The molecule has 0 spiro atoms. The molecule has 0 radical (unpaired) electrons. The Morgan fingerprint density at radius 3 is 2.94 bits per heavy atom. The third-order valence-electron chi connectivity index (χ3n) is 2.52. The first kappa shape index (κ1) is 12.8. The molecule has 6 heteroatoms. The molecule has 0 unspecified atom stereocenters. The Bertz CT molecular complexity index is 532. The van der Waals surface area contributed by atoms with Gasteiger partial charge < -0.3 is 9.84 Å². The van der Waals surface area contributed by atoms with Crippen molar-refractivity contribution in [3.8, 4) is 0 Å². The van der Waals surface area contributed by atoms with Crippen LogP contribution in [0.25, 0.3) is 0 Å². The third kappa shape index (κ3) is 2.59. The molecule has 2 aromatic heterocycles. The molecule has 5 nitrogen and oxygen atoms in total. The van der Waals surface area contributed by atoms with E-state index in [1.54, 1.807) is 13.1 Å². The molecule has 2 heterocycles. The van der Waals surface area contributed by atoms with Crippen molar-refractivity contribution in [2.75, 3.05) is 0 Å². The minimum Gasteiger partial charge on any atom is -0.360 e. The van der Waals surface area contributed by atoms with Gasteiger partial charge in [0.25, 0.3) is 5.91 Å². The van der Waals surface area contributed by atoms with E-state index >= 15 is 0 Å². The van der Waals surface area contributed by atoms with Crippen molar-refractivity contribution in [2.45, 2.75) is 33.2 Å². The number of nitrogens with one attached hydrogen (secondary N) is 1. The monoisotopic (exact) mass is 265 g/mol. The Hall–Kier alpha value is -1.69. The lowest BCUT2D eigenvalue weighted by atomic mass is 10.0. The molecule has 18 heavy (non-hydrogen) atoms. The van der Waals surface area contributed by atoms with Crippen LogP contribution in [-0.2, 0) is 6.54 Å². The zero-order valence-corrected chi connectivity index (χ0v) is 11.4. The van der Waals surface area contributed by atoms with Gasteiger partial charge in [-0.05, 0) is 6.92 Å². The molecular weight excluding hydrogens is 250 g/mol. The van der Waals surface area contributed by atoms with Gasteiger partial charge in [-0.1, -0.05) is 19.0 Å². The van der Waals surface area contributed by atoms with Gasteiger partial charge in [-0.15, -0.1) is 11.3 Å². The van der Waals surface area contributed by atoms with E-state index in [0.29, 0.717) is 23.6 Å². The summed E-state index contributed by atoms with van der Waals surface area (Å²) in [6, 6.07) is 0. The summed E-state index contributed by atoms with van der Waals surface area (Å²) in [5, 5.41) is 9.45. The van der Waals surface area contributed by atoms with Crippen LogP contribution in [0.2, 0.25) is 0 Å². The number of aryl methyl sites for hydroxylation is 1. The average molecular weight is 265 g/mol. The highest BCUT2D eigenvalue weighted by Crippen LogP contribution is 2.22. The summed E-state index contributed by atoms with van der Waals surface area (Å²) in [6.45, 7) is 6.14. The number of rotatable bonds is 4. The van der Waals surface area contributed by atoms with Crippen LogP contribution in [0.15, 0.2) is 16.1 Å². The topological polar surface area (TPSA) is 68.0 Å². The van der Waals surface area contributed by atoms with E-state index in [2.05, 4.69) is 15.5 Å². The first-order valence-corrected chi connectivity index (χ1v) is 6.60. The van der Waals surface area contributed by atoms with Gasteiger partial charge in [0, 0.05) is 17.5 Å². The number of carbonyl (C=O) groups excluding carboxylic acids is 1. The summed E-state index contributed by atoms with van der Waals surface area (Å²) in [4.78, 5) is 16.2. The van der Waals surface area contributed by atoms with Crippen molar-refractivity contribution in [3.63, 3.8) is 0 Å². The predicted octanol–water partition coefficient (Wildman–Crippen LogP) is 2.49. The SMILES string of the molecule is Cc1noc(C(C)C)c1C(=O)NCc1nccs1. The van der Waals surface area contributed by atoms with Gasteiger partial charge in [-0.3, -0.25) is 4.79 Å². The summed E-state index contributed by atoms with van der Waals surface area (Å²) < 4.78 is 5.19. The second kappa shape index (κ2) is 5.30. The maximum Gasteiger partial charge on any atom is 0.257 e. The lowest BCUT2D eigenvalue weighted by Crippen LogP contribution is -2.24. The van der Waals surface area contributed by atoms with Gasteiger partial charge in [-0.25, -0.2) is 4.98 Å². The molecule has 0 aromatic carbocycles. The first-order chi connectivity index (χ1) is 8.59. The quantitative estimate of drug-likeness (QED) is 0.922. The van der Waals surface area contributed by atoms with E-state index in [4.69, 9.17) is 4.52 Å². The molecule has 1 amide bonds. The molecule has 0 saturated heterocycles. The second-order valence-electron chi connectivity index (χ2n) is 4.27. The van der Waals surface area contributed by atoms with Crippen LogP contribution in [0.4, 0.5) is 0 Å². The van der Waals surface area contributed by atoms with Crippen LogP contribution in [-0.4, -0.2) is 16.0 Å². The number of aromatic nitrogens is 2. The lowest BCUT2D eigenvalue weighted by molar-refractivity contribution is 0.0948. The van der Waals surface area contributed by atoms with E-state index in [-0.39, 0.29) is 11.8 Å². The maximum atomic E-state index is 12.1. The highest BCUT2D eigenvalue weighted by atomic mass is 32.1. The van der Waals surface area contributed by atoms with Crippen molar-refractivity contribution in [2.24, 2.45) is 0 Å². The van der Waals surface area contributed by atoms with Crippen LogP contribution >= 0.6 is 11.3 Å². The molecule has 0 atom stereocenters. The van der Waals surface area contributed by atoms with Gasteiger partial charge in [0.2, 0.25) is 0 Å². The highest BCUT2D eigenvalue weighted by Gasteiger charge is 2.22. The molecule has 96 valence electrons. The standard InChI is InChI=1S/C12H15N3O2S/c1-7(2)11-10(8(3)15-17-11)12(16)14-6-9-13-4-5-18-9/h4-5,7H,6H2,1-3H3,(H,14,16). The van der Waals surface area contributed by atoms with Crippen LogP contribution < -0.4 is 5.32 Å². The zero-order chi connectivity index (χ0) is 13.1. The molecule has 2 rings (SSSR count). The number of nitrogens with zero attached hydrogens (tertiary/aromatic N) is 2. The summed E-state index contributed by atoms with van der Waals surface area (Å²) in [5.74, 6) is 0.601. The molecule has 0 aliphatic carbocycles. The average Bonchev–Trinajstić information content (AvgIpc) is 2.94. The number of amides is 1. The fraction of sp³-hybridized carbons (Fsp3) is 0.417. The van der Waals surface area contributed by atoms with Crippen molar-refractivity contribution in [3.05, 3.63) is 33.6 Å². The van der Waals surface area contributed by atoms with Gasteiger partial charge in [0.05, 0.1) is 12.2 Å². The maximum absolute atomic E-state index is 12.1. The van der Waals surface area contributed by atoms with Crippen molar-refractivity contribution < 1.29 is 9.32 Å². The van der Waals surface area contributed by atoms with E-state index in [1.807, 2.05) is 19.2 Å². The number of thiazole rings is 1. The predicted molar refractivity (Wildman–Crippen MR) is 68.6 cm³/mol. The van der Waals surface area contributed by atoms with E-state index in [0.717, 1.165) is 5.01 Å². The Labute approximate surface area is 109 Å². The summed E-state index contributed by atoms with van der Waals surface area (Å²) in [5.41, 5.74) is 1.16. The van der Waals surface area contributed by atoms with Crippen molar-refractivity contribution in [1.29, 1.82) is 0 Å². The molecule has 1 N–H and O–H groups in total. The Morgan fingerprint density at radius 1 is 1.56 bits per heavy atom. The fourth-order valence-electron chi connectivity index (χ4n) is 1.64. The number of hydrogen-bond acceptors (Lipinski definition) is 5. The Morgan fingerprint density at radius 2 is 2.33 bits per heavy atom. The minimum atomic E-state index is -0.160. The fourth-order valence-corrected chi connectivity index (χ4v) is 2.20. The normalized spacial score (nSPS) is 10.9. The molecule has 2 aromatic rings. The van der Waals surface area contributed by atoms with Crippen molar-refractivity contribution in [1.82, 2.24) is 15.5 Å². The molecule has 0 fully saturated rings. The molecule has 0 aliphatic rings. The molecule has 0 bridgehead atoms. The van der Waals surface area contributed by atoms with Gasteiger partial charge in [0.1, 0.15) is 10.6 Å². The Kier molecular flexibility index (Phi) is 3.76. The van der Waals surface area contributed by atoms with Crippen LogP contribution in [0, 0.1) is 6.92 Å². The number of carbonyl (C=O) groups is 1. The molecule has 0 aliphatic heterocycles. The van der Waals surface area contributed by atoms with E-state index < -0.39 is 0 Å². The molecule has 0 saturated carbocycles. The first-order valence-electron chi connectivity index (χ1n) is 5.72. The van der Waals surface area contributed by atoms with Gasteiger partial charge >= 0.3 is 0 Å². The largest absolute Gasteiger partial charge is 0.360 e. The summed E-state index contributed by atoms with van der Waals surface area (Å²) in [6.07, 6.45) is 1.72. The summed E-state index contributed by atoms with van der Waals surface area (Å²) in [7, 11) is 0. The van der Waals surface area contributed by atoms with Crippen LogP contribution in [0.5, 0.6) is 0 Å². The van der Waals surface area contributed by atoms with Crippen LogP contribution in [0.3, 0.4) is 0 Å². The van der Waals surface area contributed by atoms with E-state index in [9.17, 15) is 4.79 Å². The minimum absolute atomic E-state index is 0.131. The second-order valence-corrected chi connectivity index (χ2v) is 5.25. The zero-order valence-electron chi connectivity index (χ0n) is 10.6. The highest BCUT2D eigenvalue weighted by molar-refractivity contribution is 7.09. The third-order valence-corrected chi connectivity index (χ3v) is 3.30. The van der Waals surface area contributed by atoms with Gasteiger partial charge in [0.15, 0.2) is 5.76 Å². The van der Waals surface area contributed by atoms with Crippen molar-refractivity contribution >= 4 is 17.2 Å². The number of hydrogen-bond donors (Lipinski definition) is 1. The summed E-state index contributed by atoms with van der Waals surface area (Å²) >= 11 is 1.51. The lowest BCUT2D eigenvalue weighted by Gasteiger charge is -2.05. The van der Waals surface area contributed by atoms with Crippen LogP contribution in [0.1, 0.15) is 46.6 Å². The smallest absolute Gasteiger partial charge is 0.257 e. The van der Waals surface area contributed by atoms with E-state index in [1.165, 1.54) is 11.3 Å².